The number of primary amides is 1. The SMILES string of the molecule is NC(=O)c1nc2cc(NCC(=O)c3ccccc3)ccc2n1CCN1CCC(O)C1. The summed E-state index contributed by atoms with van der Waals surface area (Å²) in [6, 6.07) is 14.7. The van der Waals surface area contributed by atoms with Crippen molar-refractivity contribution in [3.8, 4) is 0 Å². The van der Waals surface area contributed by atoms with E-state index in [0.717, 1.165) is 24.2 Å². The van der Waals surface area contributed by atoms with Gasteiger partial charge >= 0.3 is 0 Å². The number of rotatable bonds is 8. The molecule has 1 unspecified atom stereocenters. The third-order valence-corrected chi connectivity index (χ3v) is 5.40. The second-order valence-corrected chi connectivity index (χ2v) is 7.54. The molecule has 8 nitrogen and oxygen atoms in total. The molecule has 3 aromatic rings. The predicted molar refractivity (Wildman–Crippen MR) is 115 cm³/mol. The molecule has 8 heteroatoms. The van der Waals surface area contributed by atoms with Gasteiger partial charge in [-0.3, -0.25) is 14.5 Å². The van der Waals surface area contributed by atoms with Crippen LogP contribution in [0.3, 0.4) is 0 Å². The lowest BCUT2D eigenvalue weighted by atomic mass is 10.1. The number of hydrogen-bond donors (Lipinski definition) is 3. The van der Waals surface area contributed by atoms with Gasteiger partial charge in [0.1, 0.15) is 0 Å². The van der Waals surface area contributed by atoms with Crippen molar-refractivity contribution in [2.75, 3.05) is 31.5 Å². The smallest absolute Gasteiger partial charge is 0.284 e. The zero-order chi connectivity index (χ0) is 21.1. The Morgan fingerprint density at radius 2 is 1.97 bits per heavy atom. The van der Waals surface area contributed by atoms with Crippen LogP contribution in [-0.4, -0.2) is 63.5 Å². The average molecular weight is 407 g/mol. The highest BCUT2D eigenvalue weighted by atomic mass is 16.3. The molecule has 4 rings (SSSR count). The Morgan fingerprint density at radius 1 is 1.17 bits per heavy atom. The standard InChI is InChI=1S/C22H25N5O3/c23-21(30)22-25-18-12-16(24-13-20(29)15-4-2-1-3-5-15)6-7-19(18)27(22)11-10-26-9-8-17(28)14-26/h1-7,12,17,24,28H,8-11,13-14H2,(H2,23,30). The third-order valence-electron chi connectivity index (χ3n) is 5.40. The van der Waals surface area contributed by atoms with E-state index < -0.39 is 5.91 Å². The molecule has 4 N–H and O–H groups in total. The minimum atomic E-state index is -0.582. The maximum absolute atomic E-state index is 12.3. The number of nitrogens with one attached hydrogen (secondary N) is 1. The van der Waals surface area contributed by atoms with E-state index in [2.05, 4.69) is 15.2 Å². The molecule has 0 bridgehead atoms. The number of amides is 1. The van der Waals surface area contributed by atoms with Crippen LogP contribution in [0.4, 0.5) is 5.69 Å². The van der Waals surface area contributed by atoms with Gasteiger partial charge in [-0.15, -0.1) is 0 Å². The monoisotopic (exact) mass is 407 g/mol. The highest BCUT2D eigenvalue weighted by Gasteiger charge is 2.21. The van der Waals surface area contributed by atoms with E-state index in [1.54, 1.807) is 12.1 Å². The largest absolute Gasteiger partial charge is 0.392 e. The van der Waals surface area contributed by atoms with Crippen molar-refractivity contribution in [3.05, 3.63) is 59.9 Å². The number of Topliss-reactive ketones (excluding diaryl/α,β-unsaturated/α-hetero) is 1. The molecule has 0 radical (unpaired) electrons. The number of likely N-dealkylation sites (tertiary alicyclic amines) is 1. The van der Waals surface area contributed by atoms with Crippen LogP contribution in [0.1, 0.15) is 27.4 Å². The number of hydrogen-bond acceptors (Lipinski definition) is 6. The lowest BCUT2D eigenvalue weighted by Gasteiger charge is -2.16. The molecule has 2 heterocycles. The highest BCUT2D eigenvalue weighted by molar-refractivity contribution is 5.99. The van der Waals surface area contributed by atoms with Crippen molar-refractivity contribution < 1.29 is 14.7 Å². The fraction of sp³-hybridized carbons (Fsp3) is 0.318. The quantitative estimate of drug-likeness (QED) is 0.488. The molecule has 0 saturated carbocycles. The van der Waals surface area contributed by atoms with E-state index in [9.17, 15) is 14.7 Å². The van der Waals surface area contributed by atoms with Crippen LogP contribution < -0.4 is 11.1 Å². The zero-order valence-electron chi connectivity index (χ0n) is 16.6. The van der Waals surface area contributed by atoms with E-state index in [1.807, 2.05) is 41.0 Å². The molecule has 1 saturated heterocycles. The maximum Gasteiger partial charge on any atom is 0.284 e. The zero-order valence-corrected chi connectivity index (χ0v) is 16.6. The van der Waals surface area contributed by atoms with Crippen LogP contribution >= 0.6 is 0 Å². The number of aromatic nitrogens is 2. The average Bonchev–Trinajstić information content (AvgIpc) is 3.33. The van der Waals surface area contributed by atoms with Crippen molar-refractivity contribution in [2.45, 2.75) is 19.1 Å². The van der Waals surface area contributed by atoms with Gasteiger partial charge in [-0.25, -0.2) is 4.98 Å². The third kappa shape index (κ3) is 4.34. The van der Waals surface area contributed by atoms with Crippen LogP contribution in [0, 0.1) is 0 Å². The van der Waals surface area contributed by atoms with Crippen molar-refractivity contribution in [1.29, 1.82) is 0 Å². The molecule has 1 fully saturated rings. The first-order valence-corrected chi connectivity index (χ1v) is 10.0. The van der Waals surface area contributed by atoms with Gasteiger partial charge in [0.2, 0.25) is 0 Å². The minimum Gasteiger partial charge on any atom is -0.392 e. The predicted octanol–water partition coefficient (Wildman–Crippen LogP) is 1.50. The molecular formula is C22H25N5O3. The molecule has 1 aromatic heterocycles. The second kappa shape index (κ2) is 8.64. The number of aliphatic hydroxyl groups is 1. The van der Waals surface area contributed by atoms with Crippen molar-refractivity contribution >= 4 is 28.4 Å². The molecule has 2 aromatic carbocycles. The van der Waals surface area contributed by atoms with E-state index in [-0.39, 0.29) is 24.3 Å². The summed E-state index contributed by atoms with van der Waals surface area (Å²) in [7, 11) is 0. The van der Waals surface area contributed by atoms with Crippen molar-refractivity contribution in [1.82, 2.24) is 14.5 Å². The number of β-amino-alcohol motifs (C(OH)–C–C–N with tert-alkyl or cyclic N) is 1. The lowest BCUT2D eigenvalue weighted by Crippen LogP contribution is -2.28. The summed E-state index contributed by atoms with van der Waals surface area (Å²) in [5, 5.41) is 12.8. The van der Waals surface area contributed by atoms with Gasteiger partial charge in [-0.1, -0.05) is 30.3 Å². The fourth-order valence-corrected chi connectivity index (χ4v) is 3.82. The number of nitrogens with two attached hydrogens (primary N) is 1. The topological polar surface area (TPSA) is 113 Å². The molecule has 1 amide bonds. The summed E-state index contributed by atoms with van der Waals surface area (Å²) in [4.78, 5) is 30.8. The van der Waals surface area contributed by atoms with Gasteiger partial charge in [0.25, 0.3) is 5.91 Å². The summed E-state index contributed by atoms with van der Waals surface area (Å²) >= 11 is 0. The first kappa shape index (κ1) is 20.1. The molecule has 30 heavy (non-hydrogen) atoms. The number of imidazole rings is 1. The summed E-state index contributed by atoms with van der Waals surface area (Å²) in [6.45, 7) is 2.90. The number of aliphatic hydroxyl groups excluding tert-OH is 1. The number of fused-ring (bicyclic) bond motifs is 1. The number of benzene rings is 2. The molecule has 0 spiro atoms. The molecule has 156 valence electrons. The lowest BCUT2D eigenvalue weighted by molar-refractivity contribution is 0.0983. The molecule has 1 aliphatic heterocycles. The van der Waals surface area contributed by atoms with E-state index in [4.69, 9.17) is 5.73 Å². The van der Waals surface area contributed by atoms with Crippen molar-refractivity contribution in [3.63, 3.8) is 0 Å². The van der Waals surface area contributed by atoms with Gasteiger partial charge in [-0.05, 0) is 24.6 Å². The number of ketones is 1. The van der Waals surface area contributed by atoms with E-state index >= 15 is 0 Å². The number of carbonyl (C=O) groups excluding carboxylic acids is 2. The maximum atomic E-state index is 12.3. The Hall–Kier alpha value is -3.23. The minimum absolute atomic E-state index is 0.00754. The van der Waals surface area contributed by atoms with E-state index in [1.165, 1.54) is 0 Å². The first-order chi connectivity index (χ1) is 14.5. The van der Waals surface area contributed by atoms with Crippen LogP contribution in [0.25, 0.3) is 11.0 Å². The second-order valence-electron chi connectivity index (χ2n) is 7.54. The number of nitrogens with zero attached hydrogens (tertiary/aromatic N) is 3. The van der Waals surface area contributed by atoms with Crippen LogP contribution in [0.5, 0.6) is 0 Å². The van der Waals surface area contributed by atoms with Gasteiger partial charge < -0.3 is 20.7 Å². The molecule has 1 atom stereocenters. The number of anilines is 1. The summed E-state index contributed by atoms with van der Waals surface area (Å²) in [6.07, 6.45) is 0.483. The Labute approximate surface area is 174 Å². The molecule has 1 aliphatic rings. The van der Waals surface area contributed by atoms with Crippen LogP contribution in [0.15, 0.2) is 48.5 Å². The van der Waals surface area contributed by atoms with E-state index in [0.29, 0.717) is 30.7 Å². The fourth-order valence-electron chi connectivity index (χ4n) is 3.82. The van der Waals surface area contributed by atoms with Crippen molar-refractivity contribution in [2.24, 2.45) is 5.73 Å². The highest BCUT2D eigenvalue weighted by Crippen LogP contribution is 2.21. The van der Waals surface area contributed by atoms with Crippen LogP contribution in [0.2, 0.25) is 0 Å². The Kier molecular flexibility index (Phi) is 5.78. The molecule has 0 aliphatic carbocycles. The first-order valence-electron chi connectivity index (χ1n) is 10.0. The summed E-state index contributed by atoms with van der Waals surface area (Å²) < 4.78 is 1.82. The Bertz CT molecular complexity index is 1060. The van der Waals surface area contributed by atoms with Gasteiger partial charge in [0.15, 0.2) is 11.6 Å². The number of carbonyl (C=O) groups is 2. The van der Waals surface area contributed by atoms with Gasteiger partial charge in [0, 0.05) is 37.4 Å². The normalized spacial score (nSPS) is 16.8. The molecular weight excluding hydrogens is 382 g/mol. The summed E-state index contributed by atoms with van der Waals surface area (Å²) in [5.41, 5.74) is 8.40. The van der Waals surface area contributed by atoms with Crippen LogP contribution in [-0.2, 0) is 6.54 Å². The van der Waals surface area contributed by atoms with Gasteiger partial charge in [0.05, 0.1) is 23.7 Å². The Morgan fingerprint density at radius 3 is 2.67 bits per heavy atom. The summed E-state index contributed by atoms with van der Waals surface area (Å²) in [5.74, 6) is -0.379. The Balaban J connectivity index is 1.50. The van der Waals surface area contributed by atoms with Gasteiger partial charge in [-0.2, -0.15) is 0 Å².